The number of alkyl halides is 3. The molecule has 0 saturated heterocycles. The van der Waals surface area contributed by atoms with E-state index in [2.05, 4.69) is 23.9 Å². The van der Waals surface area contributed by atoms with Gasteiger partial charge in [0, 0.05) is 0 Å². The molecule has 0 radical (unpaired) electrons. The van der Waals surface area contributed by atoms with E-state index in [0.717, 1.165) is 23.9 Å². The van der Waals surface area contributed by atoms with Gasteiger partial charge in [0.1, 0.15) is 6.33 Å². The van der Waals surface area contributed by atoms with Gasteiger partial charge in [-0.2, -0.15) is 13.2 Å². The van der Waals surface area contributed by atoms with Crippen LogP contribution in [0.25, 0.3) is 5.69 Å². The fourth-order valence-electron chi connectivity index (χ4n) is 1.98. The minimum Gasteiger partial charge on any atom is -0.220 e. The molecule has 0 saturated carbocycles. The van der Waals surface area contributed by atoms with Gasteiger partial charge in [-0.3, -0.25) is 0 Å². The van der Waals surface area contributed by atoms with Crippen molar-refractivity contribution in [1.29, 1.82) is 0 Å². The molecule has 0 N–H and O–H groups in total. The van der Waals surface area contributed by atoms with E-state index in [1.807, 2.05) is 19.1 Å². The number of halogens is 3. The highest BCUT2D eigenvalue weighted by atomic mass is 19.4. The van der Waals surface area contributed by atoms with Crippen LogP contribution < -0.4 is 0 Å². The lowest BCUT2D eigenvalue weighted by Gasteiger charge is -2.12. The van der Waals surface area contributed by atoms with Crippen LogP contribution in [0.15, 0.2) is 24.5 Å². The summed E-state index contributed by atoms with van der Waals surface area (Å²) < 4.78 is 38.8. The molecule has 0 atom stereocenters. The average molecular weight is 283 g/mol. The molecule has 0 aliphatic carbocycles. The number of hydrogen-bond acceptors (Lipinski definition) is 2. The monoisotopic (exact) mass is 283 g/mol. The molecule has 0 spiro atoms. The maximum atomic E-state index is 12.5. The highest BCUT2D eigenvalue weighted by Gasteiger charge is 2.36. The number of benzene rings is 1. The lowest BCUT2D eigenvalue weighted by atomic mass is 9.98. The summed E-state index contributed by atoms with van der Waals surface area (Å²) in [7, 11) is 0. The van der Waals surface area contributed by atoms with Crippen molar-refractivity contribution in [3.05, 3.63) is 41.5 Å². The maximum absolute atomic E-state index is 12.5. The van der Waals surface area contributed by atoms with Gasteiger partial charge in [-0.25, -0.2) is 9.67 Å². The van der Waals surface area contributed by atoms with E-state index >= 15 is 0 Å². The van der Waals surface area contributed by atoms with Gasteiger partial charge < -0.3 is 0 Å². The van der Waals surface area contributed by atoms with E-state index in [4.69, 9.17) is 0 Å². The molecular weight excluding hydrogens is 267 g/mol. The summed E-state index contributed by atoms with van der Waals surface area (Å²) in [5.41, 5.74) is 2.75. The fraction of sp³-hybridized carbons (Fsp3) is 0.429. The van der Waals surface area contributed by atoms with Crippen LogP contribution in [-0.2, 0) is 12.6 Å². The molecule has 0 amide bonds. The minimum absolute atomic E-state index is 0.371. The zero-order chi connectivity index (χ0) is 14.9. The van der Waals surface area contributed by atoms with Crippen LogP contribution in [0, 0.1) is 0 Å². The van der Waals surface area contributed by atoms with Gasteiger partial charge in [-0.15, -0.1) is 5.10 Å². The summed E-state index contributed by atoms with van der Waals surface area (Å²) in [6, 6.07) is 5.71. The zero-order valence-electron chi connectivity index (χ0n) is 11.6. The molecule has 6 heteroatoms. The largest absolute Gasteiger partial charge is 0.453 e. The lowest BCUT2D eigenvalue weighted by molar-refractivity contribution is -0.144. The Morgan fingerprint density at radius 3 is 2.45 bits per heavy atom. The molecule has 3 nitrogen and oxygen atoms in total. The Labute approximate surface area is 115 Å². The molecular formula is C14H16F3N3. The summed E-state index contributed by atoms with van der Waals surface area (Å²) in [5.74, 6) is -0.747. The molecule has 20 heavy (non-hydrogen) atoms. The highest BCUT2D eigenvalue weighted by molar-refractivity contribution is 5.43. The average Bonchev–Trinajstić information content (AvgIpc) is 2.87. The third kappa shape index (κ3) is 2.84. The smallest absolute Gasteiger partial charge is 0.220 e. The van der Waals surface area contributed by atoms with E-state index in [-0.39, 0.29) is 0 Å². The predicted molar refractivity (Wildman–Crippen MR) is 69.8 cm³/mol. The van der Waals surface area contributed by atoms with Gasteiger partial charge in [0.05, 0.1) is 5.69 Å². The second kappa shape index (κ2) is 5.26. The van der Waals surface area contributed by atoms with Gasteiger partial charge in [0.25, 0.3) is 5.82 Å². The van der Waals surface area contributed by atoms with Crippen LogP contribution in [0.4, 0.5) is 13.2 Å². The first-order valence-electron chi connectivity index (χ1n) is 6.45. The first kappa shape index (κ1) is 14.6. The molecule has 0 fully saturated rings. The van der Waals surface area contributed by atoms with Crippen molar-refractivity contribution in [2.45, 2.75) is 39.3 Å². The van der Waals surface area contributed by atoms with Crippen LogP contribution in [0.3, 0.4) is 0 Å². The molecule has 0 unspecified atom stereocenters. The Balaban J connectivity index is 2.45. The van der Waals surface area contributed by atoms with E-state index in [1.165, 1.54) is 4.68 Å². The van der Waals surface area contributed by atoms with Gasteiger partial charge in [0.2, 0.25) is 0 Å². The van der Waals surface area contributed by atoms with E-state index in [0.29, 0.717) is 11.6 Å². The Morgan fingerprint density at radius 2 is 1.95 bits per heavy atom. The van der Waals surface area contributed by atoms with Crippen molar-refractivity contribution in [3.8, 4) is 5.69 Å². The number of nitrogens with zero attached hydrogens (tertiary/aromatic N) is 3. The Morgan fingerprint density at radius 1 is 1.25 bits per heavy atom. The van der Waals surface area contributed by atoms with Gasteiger partial charge in [-0.05, 0) is 29.5 Å². The van der Waals surface area contributed by atoms with Crippen LogP contribution in [-0.4, -0.2) is 14.8 Å². The zero-order valence-corrected chi connectivity index (χ0v) is 11.6. The van der Waals surface area contributed by atoms with Crippen molar-refractivity contribution in [1.82, 2.24) is 14.8 Å². The normalized spacial score (nSPS) is 12.2. The lowest BCUT2D eigenvalue weighted by Crippen LogP contribution is -2.09. The Bertz CT molecular complexity index is 600. The minimum atomic E-state index is -4.52. The van der Waals surface area contributed by atoms with Gasteiger partial charge in [-0.1, -0.05) is 32.9 Å². The van der Waals surface area contributed by atoms with E-state index in [1.54, 1.807) is 6.07 Å². The Hall–Kier alpha value is -1.85. The van der Waals surface area contributed by atoms with Crippen LogP contribution in [0.5, 0.6) is 0 Å². The third-order valence-electron chi connectivity index (χ3n) is 3.14. The van der Waals surface area contributed by atoms with Crippen molar-refractivity contribution >= 4 is 0 Å². The van der Waals surface area contributed by atoms with Crippen molar-refractivity contribution in [3.63, 3.8) is 0 Å². The topological polar surface area (TPSA) is 30.7 Å². The fourth-order valence-corrected chi connectivity index (χ4v) is 1.98. The van der Waals surface area contributed by atoms with Crippen molar-refractivity contribution in [2.75, 3.05) is 0 Å². The first-order valence-corrected chi connectivity index (χ1v) is 6.45. The van der Waals surface area contributed by atoms with Crippen LogP contribution in [0.2, 0.25) is 0 Å². The number of aromatic nitrogens is 3. The van der Waals surface area contributed by atoms with Crippen molar-refractivity contribution in [2.24, 2.45) is 0 Å². The summed E-state index contributed by atoms with van der Waals surface area (Å²) in [6.45, 7) is 6.11. The molecule has 1 heterocycles. The maximum Gasteiger partial charge on any atom is 0.453 e. The first-order chi connectivity index (χ1) is 9.32. The van der Waals surface area contributed by atoms with E-state index < -0.39 is 12.0 Å². The summed E-state index contributed by atoms with van der Waals surface area (Å²) in [6.07, 6.45) is -2.70. The molecule has 1 aromatic carbocycles. The highest BCUT2D eigenvalue weighted by Crippen LogP contribution is 2.27. The molecule has 2 aromatic rings. The molecule has 0 aliphatic rings. The summed E-state index contributed by atoms with van der Waals surface area (Å²) in [5, 5.41) is 3.52. The molecule has 108 valence electrons. The van der Waals surface area contributed by atoms with Crippen LogP contribution in [0.1, 0.15) is 43.6 Å². The predicted octanol–water partition coefficient (Wildman–Crippen LogP) is 3.97. The number of aryl methyl sites for hydroxylation is 1. The van der Waals surface area contributed by atoms with Gasteiger partial charge in [0.15, 0.2) is 0 Å². The molecule has 2 rings (SSSR count). The molecule has 1 aromatic heterocycles. The van der Waals surface area contributed by atoms with Gasteiger partial charge >= 0.3 is 6.18 Å². The SMILES string of the molecule is CCc1cc(C(C)C)ccc1-n1cnc(C(F)(F)F)n1. The quantitative estimate of drug-likeness (QED) is 0.853. The Kier molecular flexibility index (Phi) is 3.83. The standard InChI is InChI=1S/C14H16F3N3/c1-4-10-7-11(9(2)3)5-6-12(10)20-8-18-13(19-20)14(15,16)17/h5-9H,4H2,1-3H3. The summed E-state index contributed by atoms with van der Waals surface area (Å²) in [4.78, 5) is 3.32. The molecule has 0 bridgehead atoms. The summed E-state index contributed by atoms with van der Waals surface area (Å²) >= 11 is 0. The van der Waals surface area contributed by atoms with Crippen LogP contribution >= 0.6 is 0 Å². The third-order valence-corrected chi connectivity index (χ3v) is 3.14. The van der Waals surface area contributed by atoms with E-state index in [9.17, 15) is 13.2 Å². The second-order valence-electron chi connectivity index (χ2n) is 4.91. The van der Waals surface area contributed by atoms with Crippen molar-refractivity contribution < 1.29 is 13.2 Å². The number of rotatable bonds is 3. The second-order valence-corrected chi connectivity index (χ2v) is 4.91. The number of hydrogen-bond donors (Lipinski definition) is 0. The molecule has 0 aliphatic heterocycles.